The molecule has 0 aromatic heterocycles. The molecule has 0 atom stereocenters. The number of hydrogen-bond acceptors (Lipinski definition) is 1. The number of hydrogen-bond donors (Lipinski definition) is 3. The molecule has 2 aromatic carbocycles. The molecule has 0 spiro atoms. The zero-order valence-electron chi connectivity index (χ0n) is 10.7. The Bertz CT molecular complexity index is 562. The maximum atomic E-state index is 5.17. The van der Waals surface area contributed by atoms with Gasteiger partial charge in [-0.1, -0.05) is 35.9 Å². The van der Waals surface area contributed by atoms with E-state index in [2.05, 4.69) is 34.9 Å². The summed E-state index contributed by atoms with van der Waals surface area (Å²) in [5.74, 6) is 0. The lowest BCUT2D eigenvalue weighted by molar-refractivity contribution is -0.499. The molecule has 2 rings (SSSR count). The number of aryl methyl sites for hydroxylation is 1. The normalized spacial score (nSPS) is 10.4. The van der Waals surface area contributed by atoms with E-state index in [1.807, 2.05) is 48.7 Å². The van der Waals surface area contributed by atoms with E-state index in [4.69, 9.17) is 12.2 Å². The molecule has 4 heteroatoms. The summed E-state index contributed by atoms with van der Waals surface area (Å²) in [4.78, 5) is 0. The first-order valence-electron chi connectivity index (χ1n) is 6.01. The minimum absolute atomic E-state index is 0.523. The van der Waals surface area contributed by atoms with Gasteiger partial charge in [-0.05, 0) is 43.4 Å². The van der Waals surface area contributed by atoms with Crippen molar-refractivity contribution in [1.82, 2.24) is 5.43 Å². The molecular weight excluding hydrogens is 254 g/mol. The van der Waals surface area contributed by atoms with Crippen molar-refractivity contribution in [2.75, 3.05) is 5.32 Å². The van der Waals surface area contributed by atoms with Crippen molar-refractivity contribution in [2.45, 2.75) is 6.92 Å². The largest absolute Gasteiger partial charge is 0.328 e. The number of nitrogens with one attached hydrogen (secondary N) is 3. The molecule has 0 amide bonds. The monoisotopic (exact) mass is 270 g/mol. The van der Waals surface area contributed by atoms with Gasteiger partial charge in [-0.25, -0.2) is 0 Å². The van der Waals surface area contributed by atoms with E-state index in [0.29, 0.717) is 5.11 Å². The predicted octanol–water partition coefficient (Wildman–Crippen LogP) is 1.40. The predicted molar refractivity (Wildman–Crippen MR) is 83.1 cm³/mol. The average molecular weight is 270 g/mol. The van der Waals surface area contributed by atoms with Gasteiger partial charge in [0.15, 0.2) is 6.21 Å². The lowest BCUT2D eigenvalue weighted by Crippen LogP contribution is -2.82. The second kappa shape index (κ2) is 6.66. The molecule has 0 bridgehead atoms. The van der Waals surface area contributed by atoms with Gasteiger partial charge in [0, 0.05) is 11.3 Å². The van der Waals surface area contributed by atoms with Crippen molar-refractivity contribution in [3.63, 3.8) is 0 Å². The molecule has 0 saturated heterocycles. The molecule has 0 unspecified atom stereocenters. The molecule has 96 valence electrons. The van der Waals surface area contributed by atoms with Crippen molar-refractivity contribution in [3.8, 4) is 0 Å². The van der Waals surface area contributed by atoms with Gasteiger partial charge in [0.25, 0.3) is 0 Å². The van der Waals surface area contributed by atoms with Crippen LogP contribution in [0.25, 0.3) is 0 Å². The fraction of sp³-hybridized carbons (Fsp3) is 0.0667. The molecule has 0 fully saturated rings. The Morgan fingerprint density at radius 2 is 1.74 bits per heavy atom. The number of anilines is 1. The first-order chi connectivity index (χ1) is 9.24. The summed E-state index contributed by atoms with van der Waals surface area (Å²) < 4.78 is 0. The minimum Gasteiger partial charge on any atom is -0.328 e. The summed E-state index contributed by atoms with van der Waals surface area (Å²) in [6, 6.07) is 18.0. The van der Waals surface area contributed by atoms with Crippen molar-refractivity contribution in [3.05, 3.63) is 65.7 Å². The molecule has 0 aliphatic carbocycles. The van der Waals surface area contributed by atoms with Crippen LogP contribution >= 0.6 is 12.2 Å². The van der Waals surface area contributed by atoms with E-state index in [1.165, 1.54) is 5.56 Å². The van der Waals surface area contributed by atoms with Gasteiger partial charge in [0.05, 0.1) is 0 Å². The van der Waals surface area contributed by atoms with E-state index in [-0.39, 0.29) is 0 Å². The highest BCUT2D eigenvalue weighted by molar-refractivity contribution is 7.80. The summed E-state index contributed by atoms with van der Waals surface area (Å²) in [6.07, 6.45) is 1.86. The van der Waals surface area contributed by atoms with Crippen LogP contribution in [0.1, 0.15) is 11.1 Å². The topological polar surface area (TPSA) is 38.0 Å². The fourth-order valence-corrected chi connectivity index (χ4v) is 1.71. The van der Waals surface area contributed by atoms with Crippen molar-refractivity contribution < 1.29 is 5.10 Å². The van der Waals surface area contributed by atoms with Crippen LogP contribution < -0.4 is 15.8 Å². The summed E-state index contributed by atoms with van der Waals surface area (Å²) in [5, 5.41) is 6.56. The second-order valence-electron chi connectivity index (χ2n) is 4.14. The van der Waals surface area contributed by atoms with Crippen LogP contribution in [-0.2, 0) is 0 Å². The molecule has 0 radical (unpaired) electrons. The van der Waals surface area contributed by atoms with Crippen LogP contribution in [0, 0.1) is 6.92 Å². The molecule has 2 aromatic rings. The van der Waals surface area contributed by atoms with Gasteiger partial charge >= 0.3 is 0 Å². The lowest BCUT2D eigenvalue weighted by Gasteiger charge is -2.03. The third-order valence-electron chi connectivity index (χ3n) is 2.53. The van der Waals surface area contributed by atoms with Crippen molar-refractivity contribution in [1.29, 1.82) is 0 Å². The third-order valence-corrected chi connectivity index (χ3v) is 2.74. The van der Waals surface area contributed by atoms with Gasteiger partial charge < -0.3 is 5.32 Å². The average Bonchev–Trinajstić information content (AvgIpc) is 2.42. The Morgan fingerprint density at radius 3 is 2.42 bits per heavy atom. The molecule has 0 saturated carbocycles. The minimum atomic E-state index is 0.523. The summed E-state index contributed by atoms with van der Waals surface area (Å²) >= 11 is 5.17. The van der Waals surface area contributed by atoms with Gasteiger partial charge in [0.1, 0.15) is 0 Å². The molecule has 0 aliphatic heterocycles. The lowest BCUT2D eigenvalue weighted by atomic mass is 10.2. The Labute approximate surface area is 118 Å². The zero-order chi connectivity index (χ0) is 13.5. The maximum Gasteiger partial charge on any atom is 0.228 e. The van der Waals surface area contributed by atoms with E-state index in [9.17, 15) is 0 Å². The van der Waals surface area contributed by atoms with Crippen LogP contribution in [0.2, 0.25) is 0 Å². The number of rotatable bonds is 3. The van der Waals surface area contributed by atoms with Gasteiger partial charge in [0.2, 0.25) is 5.11 Å². The summed E-state index contributed by atoms with van der Waals surface area (Å²) in [7, 11) is 0. The Balaban J connectivity index is 1.85. The number of hydrazine groups is 1. The van der Waals surface area contributed by atoms with Crippen LogP contribution in [0.3, 0.4) is 0 Å². The summed E-state index contributed by atoms with van der Waals surface area (Å²) in [5.41, 5.74) is 6.19. The van der Waals surface area contributed by atoms with Gasteiger partial charge in [-0.2, -0.15) is 0 Å². The smallest absolute Gasteiger partial charge is 0.228 e. The van der Waals surface area contributed by atoms with Gasteiger partial charge in [-0.3, -0.25) is 0 Å². The quantitative estimate of drug-likeness (QED) is 0.448. The molecular formula is C15H16N3S+. The number of para-hydroxylation sites is 1. The number of hydrazone groups is 1. The van der Waals surface area contributed by atoms with Crippen molar-refractivity contribution in [2.24, 2.45) is 0 Å². The molecule has 3 N–H and O–H groups in total. The van der Waals surface area contributed by atoms with E-state index < -0.39 is 0 Å². The Kier molecular flexibility index (Phi) is 4.64. The van der Waals surface area contributed by atoms with Gasteiger partial charge in [-0.15, -0.1) is 10.5 Å². The molecule has 0 aliphatic rings. The Morgan fingerprint density at radius 1 is 1.05 bits per heavy atom. The van der Waals surface area contributed by atoms with E-state index >= 15 is 0 Å². The van der Waals surface area contributed by atoms with Crippen LogP contribution in [0.4, 0.5) is 5.69 Å². The zero-order valence-corrected chi connectivity index (χ0v) is 11.5. The first kappa shape index (κ1) is 13.2. The standard InChI is InChI=1S/C15H15N3S/c1-12-7-9-13(10-8-12)11-16-18-15(19)17-14-5-3-2-4-6-14/h2-11H,1H3,(H2,17,18,19)/p+1. The number of thiocarbonyl (C=S) groups is 1. The highest BCUT2D eigenvalue weighted by Gasteiger charge is 1.97. The Hall–Kier alpha value is -2.20. The first-order valence-corrected chi connectivity index (χ1v) is 6.42. The van der Waals surface area contributed by atoms with E-state index in [0.717, 1.165) is 11.3 Å². The van der Waals surface area contributed by atoms with Crippen LogP contribution in [-0.4, -0.2) is 11.3 Å². The third kappa shape index (κ3) is 4.52. The molecule has 0 heterocycles. The molecule has 19 heavy (non-hydrogen) atoms. The number of benzene rings is 2. The van der Waals surface area contributed by atoms with Crippen LogP contribution in [0.15, 0.2) is 54.6 Å². The fourth-order valence-electron chi connectivity index (χ4n) is 1.53. The maximum absolute atomic E-state index is 5.17. The molecule has 3 nitrogen and oxygen atoms in total. The SMILES string of the molecule is Cc1ccc(C=[NH+]NC(=S)Nc2ccccc2)cc1. The van der Waals surface area contributed by atoms with Crippen molar-refractivity contribution >= 4 is 29.2 Å². The van der Waals surface area contributed by atoms with Crippen LogP contribution in [0.5, 0.6) is 0 Å². The highest BCUT2D eigenvalue weighted by Crippen LogP contribution is 2.03. The second-order valence-corrected chi connectivity index (χ2v) is 4.55. The van der Waals surface area contributed by atoms with E-state index in [1.54, 1.807) is 0 Å². The summed E-state index contributed by atoms with van der Waals surface area (Å²) in [6.45, 7) is 2.06. The highest BCUT2D eigenvalue weighted by atomic mass is 32.1.